The molecule has 5 rings (SSSR count). The first-order chi connectivity index (χ1) is 14.8. The second kappa shape index (κ2) is 8.27. The van der Waals surface area contributed by atoms with Gasteiger partial charge in [0.15, 0.2) is 5.13 Å². The number of benzene rings is 1. The second-order valence-corrected chi connectivity index (χ2v) is 8.55. The van der Waals surface area contributed by atoms with Crippen molar-refractivity contribution in [3.8, 4) is 6.07 Å². The average molecular weight is 415 g/mol. The van der Waals surface area contributed by atoms with Gasteiger partial charge in [-0.2, -0.15) is 5.26 Å². The molecule has 150 valence electrons. The summed E-state index contributed by atoms with van der Waals surface area (Å²) in [6.45, 7) is 3.17. The molecule has 6 nitrogen and oxygen atoms in total. The highest BCUT2D eigenvalue weighted by Gasteiger charge is 2.23. The van der Waals surface area contributed by atoms with Crippen LogP contribution >= 0.6 is 11.3 Å². The van der Waals surface area contributed by atoms with E-state index in [4.69, 9.17) is 10.2 Å². The van der Waals surface area contributed by atoms with Crippen LogP contribution in [0.5, 0.6) is 0 Å². The summed E-state index contributed by atoms with van der Waals surface area (Å²) in [5, 5.41) is 16.5. The molecule has 1 aromatic carbocycles. The first-order valence-corrected chi connectivity index (χ1v) is 11.0. The maximum atomic E-state index is 9.03. The Labute approximate surface area is 179 Å². The molecule has 1 aliphatic heterocycles. The summed E-state index contributed by atoms with van der Waals surface area (Å²) in [5.74, 6) is 1.16. The fourth-order valence-corrected chi connectivity index (χ4v) is 4.85. The summed E-state index contributed by atoms with van der Waals surface area (Å²) < 4.78 is 0. The van der Waals surface area contributed by atoms with Gasteiger partial charge >= 0.3 is 0 Å². The summed E-state index contributed by atoms with van der Waals surface area (Å²) in [5.41, 5.74) is 4.31. The monoisotopic (exact) mass is 414 g/mol. The molecule has 0 aliphatic carbocycles. The molecule has 0 unspecified atom stereocenters. The van der Waals surface area contributed by atoms with E-state index in [2.05, 4.69) is 55.9 Å². The third-order valence-corrected chi connectivity index (χ3v) is 6.45. The van der Waals surface area contributed by atoms with E-state index in [1.54, 1.807) is 29.7 Å². The number of nitrogens with one attached hydrogen (secondary N) is 2. The number of aromatic nitrogens is 3. The molecule has 30 heavy (non-hydrogen) atoms. The van der Waals surface area contributed by atoms with E-state index >= 15 is 0 Å². The van der Waals surface area contributed by atoms with E-state index < -0.39 is 0 Å². The Morgan fingerprint density at radius 2 is 2.10 bits per heavy atom. The number of piperidine rings is 1. The zero-order chi connectivity index (χ0) is 20.3. The standard InChI is InChI=1S/C23H22N6S/c24-13-16-3-7-26-22(12-16)28-23-27-21(15-30-23)18-5-9-29(10-6-18)14-17-1-2-20-19(11-17)4-8-25-20/h1-4,7-8,11-12,15,18,25H,5-6,9-10,14H2,(H,26,27,28). The number of aromatic amines is 1. The van der Waals surface area contributed by atoms with E-state index in [9.17, 15) is 0 Å². The topological polar surface area (TPSA) is 80.6 Å². The lowest BCUT2D eigenvalue weighted by Crippen LogP contribution is -2.32. The molecule has 0 radical (unpaired) electrons. The molecule has 1 fully saturated rings. The Kier molecular flexibility index (Phi) is 5.18. The third kappa shape index (κ3) is 4.06. The van der Waals surface area contributed by atoms with Crippen molar-refractivity contribution < 1.29 is 0 Å². The lowest BCUT2D eigenvalue weighted by Gasteiger charge is -2.31. The van der Waals surface area contributed by atoms with Crippen LogP contribution in [0.3, 0.4) is 0 Å². The predicted octanol–water partition coefficient (Wildman–Crippen LogP) is 5.01. The van der Waals surface area contributed by atoms with Gasteiger partial charge in [0.1, 0.15) is 5.82 Å². The molecule has 0 atom stereocenters. The van der Waals surface area contributed by atoms with Crippen LogP contribution < -0.4 is 5.32 Å². The molecule has 4 heterocycles. The first kappa shape index (κ1) is 18.8. The van der Waals surface area contributed by atoms with E-state index in [1.807, 2.05) is 6.20 Å². The Balaban J connectivity index is 1.18. The minimum atomic E-state index is 0.499. The number of nitriles is 1. The number of pyridine rings is 1. The molecule has 1 aliphatic rings. The summed E-state index contributed by atoms with van der Waals surface area (Å²) in [6, 6.07) is 14.4. The molecule has 0 spiro atoms. The van der Waals surface area contributed by atoms with Crippen LogP contribution in [0.2, 0.25) is 0 Å². The Bertz CT molecular complexity index is 1200. The quantitative estimate of drug-likeness (QED) is 0.480. The lowest BCUT2D eigenvalue weighted by molar-refractivity contribution is 0.203. The van der Waals surface area contributed by atoms with Crippen LogP contribution in [0, 0.1) is 11.3 Å². The van der Waals surface area contributed by atoms with Crippen molar-refractivity contribution in [3.05, 3.63) is 71.0 Å². The largest absolute Gasteiger partial charge is 0.361 e. The van der Waals surface area contributed by atoms with E-state index in [-0.39, 0.29) is 0 Å². The van der Waals surface area contributed by atoms with Gasteiger partial charge < -0.3 is 10.3 Å². The number of anilines is 2. The molecule has 0 saturated carbocycles. The number of likely N-dealkylation sites (tertiary alicyclic amines) is 1. The normalized spacial score (nSPS) is 15.3. The van der Waals surface area contributed by atoms with Crippen LogP contribution in [0.1, 0.15) is 35.6 Å². The van der Waals surface area contributed by atoms with Crippen LogP contribution in [0.4, 0.5) is 10.9 Å². The van der Waals surface area contributed by atoms with Gasteiger partial charge in [-0.15, -0.1) is 11.3 Å². The van der Waals surface area contributed by atoms with Crippen molar-refractivity contribution in [2.75, 3.05) is 18.4 Å². The highest BCUT2D eigenvalue weighted by Crippen LogP contribution is 2.32. The number of hydrogen-bond acceptors (Lipinski definition) is 6. The van der Waals surface area contributed by atoms with Crippen molar-refractivity contribution in [2.24, 2.45) is 0 Å². The zero-order valence-electron chi connectivity index (χ0n) is 16.5. The van der Waals surface area contributed by atoms with Crippen LogP contribution in [-0.4, -0.2) is 32.9 Å². The molecular formula is C23H22N6S. The molecular weight excluding hydrogens is 392 g/mol. The van der Waals surface area contributed by atoms with Gasteiger partial charge in [0.05, 0.1) is 17.3 Å². The molecule has 0 amide bonds. The van der Waals surface area contributed by atoms with Gasteiger partial charge in [0.25, 0.3) is 0 Å². The molecule has 2 N–H and O–H groups in total. The minimum Gasteiger partial charge on any atom is -0.361 e. The van der Waals surface area contributed by atoms with Gasteiger partial charge in [-0.1, -0.05) is 6.07 Å². The third-order valence-electron chi connectivity index (χ3n) is 5.68. The van der Waals surface area contributed by atoms with Crippen molar-refractivity contribution in [1.82, 2.24) is 19.9 Å². The van der Waals surface area contributed by atoms with Crippen molar-refractivity contribution in [1.29, 1.82) is 5.26 Å². The number of nitrogens with zero attached hydrogens (tertiary/aromatic N) is 4. The maximum Gasteiger partial charge on any atom is 0.188 e. The predicted molar refractivity (Wildman–Crippen MR) is 120 cm³/mol. The van der Waals surface area contributed by atoms with Gasteiger partial charge in [-0.25, -0.2) is 9.97 Å². The van der Waals surface area contributed by atoms with Gasteiger partial charge in [0.2, 0.25) is 0 Å². The van der Waals surface area contributed by atoms with Crippen molar-refractivity contribution in [3.63, 3.8) is 0 Å². The van der Waals surface area contributed by atoms with Gasteiger partial charge in [-0.05, 0) is 67.2 Å². The SMILES string of the molecule is N#Cc1ccnc(Nc2nc(C3CCN(Cc4ccc5[nH]ccc5c4)CC3)cs2)c1. The average Bonchev–Trinajstić information content (AvgIpc) is 3.44. The number of H-pyrrole nitrogens is 1. The smallest absolute Gasteiger partial charge is 0.188 e. The number of hydrogen-bond donors (Lipinski definition) is 2. The van der Waals surface area contributed by atoms with Gasteiger partial charge in [0, 0.05) is 35.8 Å². The zero-order valence-corrected chi connectivity index (χ0v) is 17.3. The Morgan fingerprint density at radius 1 is 1.20 bits per heavy atom. The fourth-order valence-electron chi connectivity index (χ4n) is 4.06. The summed E-state index contributed by atoms with van der Waals surface area (Å²) in [4.78, 5) is 14.8. The van der Waals surface area contributed by atoms with Crippen molar-refractivity contribution in [2.45, 2.75) is 25.3 Å². The number of thiazole rings is 1. The summed E-state index contributed by atoms with van der Waals surface area (Å²) in [7, 11) is 0. The fraction of sp³-hybridized carbons (Fsp3) is 0.261. The van der Waals surface area contributed by atoms with Crippen LogP contribution in [-0.2, 0) is 6.54 Å². The molecule has 4 aromatic rings. The maximum absolute atomic E-state index is 9.03. The molecule has 3 aromatic heterocycles. The van der Waals surface area contributed by atoms with Crippen LogP contribution in [0.25, 0.3) is 10.9 Å². The Morgan fingerprint density at radius 3 is 2.97 bits per heavy atom. The van der Waals surface area contributed by atoms with Crippen LogP contribution in [0.15, 0.2) is 54.2 Å². The highest BCUT2D eigenvalue weighted by molar-refractivity contribution is 7.13. The van der Waals surface area contributed by atoms with Crippen molar-refractivity contribution >= 4 is 33.2 Å². The molecule has 0 bridgehead atoms. The van der Waals surface area contributed by atoms with E-state index in [1.165, 1.54) is 16.5 Å². The second-order valence-electron chi connectivity index (χ2n) is 7.69. The number of fused-ring (bicyclic) bond motifs is 1. The summed E-state index contributed by atoms with van der Waals surface area (Å²) >= 11 is 1.60. The molecule has 1 saturated heterocycles. The number of rotatable bonds is 5. The van der Waals surface area contributed by atoms with E-state index in [0.29, 0.717) is 17.3 Å². The minimum absolute atomic E-state index is 0.499. The summed E-state index contributed by atoms with van der Waals surface area (Å²) in [6.07, 6.45) is 5.88. The van der Waals surface area contributed by atoms with E-state index in [0.717, 1.165) is 43.3 Å². The molecule has 7 heteroatoms. The van der Waals surface area contributed by atoms with Gasteiger partial charge in [-0.3, -0.25) is 4.90 Å². The first-order valence-electron chi connectivity index (χ1n) is 10.1. The lowest BCUT2D eigenvalue weighted by atomic mass is 9.94. The highest BCUT2D eigenvalue weighted by atomic mass is 32.1. The Hall–Kier alpha value is -3.21.